The third kappa shape index (κ3) is 3.46. The van der Waals surface area contributed by atoms with Gasteiger partial charge in [-0.2, -0.15) is 0 Å². The van der Waals surface area contributed by atoms with E-state index in [1.54, 1.807) is 11.8 Å². The van der Waals surface area contributed by atoms with Crippen LogP contribution in [0.5, 0.6) is 0 Å². The maximum absolute atomic E-state index is 12.8. The van der Waals surface area contributed by atoms with Crippen LogP contribution in [0.1, 0.15) is 25.5 Å². The van der Waals surface area contributed by atoms with Crippen molar-refractivity contribution < 1.29 is 4.39 Å². The van der Waals surface area contributed by atoms with E-state index in [-0.39, 0.29) is 11.9 Å². The van der Waals surface area contributed by atoms with Gasteiger partial charge in [-0.05, 0) is 30.5 Å². The van der Waals surface area contributed by atoms with E-state index in [0.717, 1.165) is 23.0 Å². The lowest BCUT2D eigenvalue weighted by Gasteiger charge is -2.21. The van der Waals surface area contributed by atoms with E-state index < -0.39 is 0 Å². The minimum Gasteiger partial charge on any atom is -0.358 e. The molecule has 0 fully saturated rings. The van der Waals surface area contributed by atoms with Gasteiger partial charge in [-0.15, -0.1) is 0 Å². The zero-order chi connectivity index (χ0) is 12.3. The molecule has 2 rings (SSSR count). The molecule has 0 radical (unpaired) electrons. The lowest BCUT2D eigenvalue weighted by molar-refractivity contribution is 0.623. The highest BCUT2D eigenvalue weighted by atomic mass is 32.2. The summed E-state index contributed by atoms with van der Waals surface area (Å²) in [5.41, 5.74) is 1.08. The Morgan fingerprint density at radius 3 is 2.71 bits per heavy atom. The predicted molar refractivity (Wildman–Crippen MR) is 71.9 cm³/mol. The molecule has 2 atom stereocenters. The molecule has 1 aliphatic heterocycles. The maximum Gasteiger partial charge on any atom is 0.157 e. The zero-order valence-electron chi connectivity index (χ0n) is 10.1. The van der Waals surface area contributed by atoms with Crippen LogP contribution < -0.4 is 5.32 Å². The highest BCUT2D eigenvalue weighted by Crippen LogP contribution is 2.19. The maximum atomic E-state index is 12.8. The molecule has 2 unspecified atom stereocenters. The molecule has 92 valence electrons. The van der Waals surface area contributed by atoms with Crippen molar-refractivity contribution in [1.29, 1.82) is 0 Å². The van der Waals surface area contributed by atoms with E-state index in [4.69, 9.17) is 0 Å². The van der Waals surface area contributed by atoms with Crippen molar-refractivity contribution in [2.24, 2.45) is 10.9 Å². The molecule has 0 spiro atoms. The number of rotatable bonds is 2. The molecule has 0 saturated heterocycles. The summed E-state index contributed by atoms with van der Waals surface area (Å²) < 4.78 is 12.8. The normalized spacial score (nSPS) is 21.8. The smallest absolute Gasteiger partial charge is 0.157 e. The van der Waals surface area contributed by atoms with Crippen LogP contribution in [0.4, 0.5) is 4.39 Å². The number of halogens is 1. The van der Waals surface area contributed by atoms with Gasteiger partial charge < -0.3 is 5.32 Å². The first kappa shape index (κ1) is 12.4. The number of nitrogens with zero attached hydrogens (tertiary/aromatic N) is 1. The fourth-order valence-electron chi connectivity index (χ4n) is 1.67. The molecule has 0 saturated carbocycles. The monoisotopic (exact) mass is 252 g/mol. The Kier molecular flexibility index (Phi) is 4.05. The topological polar surface area (TPSA) is 24.4 Å². The molecule has 1 N–H and O–H groups in total. The molecule has 1 aromatic carbocycles. The summed E-state index contributed by atoms with van der Waals surface area (Å²) in [6.07, 6.45) is 0. The third-order valence-electron chi connectivity index (χ3n) is 2.76. The SMILES string of the molecule is CC1CN=C(NC(C)c2ccc(F)cc2)SC1. The van der Waals surface area contributed by atoms with Gasteiger partial charge in [0.2, 0.25) is 0 Å². The summed E-state index contributed by atoms with van der Waals surface area (Å²) in [5.74, 6) is 1.58. The molecule has 0 amide bonds. The second-order valence-corrected chi connectivity index (χ2v) is 5.49. The van der Waals surface area contributed by atoms with Crippen molar-refractivity contribution in [3.8, 4) is 0 Å². The van der Waals surface area contributed by atoms with Crippen LogP contribution in [0.25, 0.3) is 0 Å². The van der Waals surface area contributed by atoms with Gasteiger partial charge in [0.15, 0.2) is 5.17 Å². The third-order valence-corrected chi connectivity index (χ3v) is 4.02. The summed E-state index contributed by atoms with van der Waals surface area (Å²) in [5, 5.41) is 4.37. The van der Waals surface area contributed by atoms with Crippen LogP contribution in [0.3, 0.4) is 0 Å². The minimum absolute atomic E-state index is 0.162. The largest absolute Gasteiger partial charge is 0.358 e. The average Bonchev–Trinajstić information content (AvgIpc) is 2.33. The van der Waals surface area contributed by atoms with Gasteiger partial charge in [0.05, 0.1) is 6.04 Å². The highest BCUT2D eigenvalue weighted by molar-refractivity contribution is 8.13. The number of hydrogen-bond donors (Lipinski definition) is 1. The molecule has 0 aromatic heterocycles. The summed E-state index contributed by atoms with van der Waals surface area (Å²) in [4.78, 5) is 4.49. The van der Waals surface area contributed by atoms with Crippen LogP contribution in [0.15, 0.2) is 29.3 Å². The van der Waals surface area contributed by atoms with Crippen molar-refractivity contribution in [3.05, 3.63) is 35.6 Å². The molecule has 0 bridgehead atoms. The van der Waals surface area contributed by atoms with Gasteiger partial charge >= 0.3 is 0 Å². The summed E-state index contributed by atoms with van der Waals surface area (Å²) >= 11 is 1.76. The number of hydrogen-bond acceptors (Lipinski definition) is 3. The Balaban J connectivity index is 1.97. The molecular weight excluding hydrogens is 235 g/mol. The van der Waals surface area contributed by atoms with Gasteiger partial charge in [0, 0.05) is 12.3 Å². The van der Waals surface area contributed by atoms with Crippen LogP contribution >= 0.6 is 11.8 Å². The van der Waals surface area contributed by atoms with E-state index in [9.17, 15) is 4.39 Å². The number of amidine groups is 1. The number of nitrogens with one attached hydrogen (secondary N) is 1. The quantitative estimate of drug-likeness (QED) is 0.874. The van der Waals surface area contributed by atoms with Crippen molar-refractivity contribution in [2.45, 2.75) is 19.9 Å². The number of aliphatic imine (C=N–C) groups is 1. The van der Waals surface area contributed by atoms with E-state index >= 15 is 0 Å². The zero-order valence-corrected chi connectivity index (χ0v) is 10.9. The van der Waals surface area contributed by atoms with Crippen molar-refractivity contribution in [1.82, 2.24) is 5.32 Å². The van der Waals surface area contributed by atoms with Crippen LogP contribution in [0.2, 0.25) is 0 Å². The number of benzene rings is 1. The van der Waals surface area contributed by atoms with E-state index in [1.165, 1.54) is 12.1 Å². The fourth-order valence-corrected chi connectivity index (χ4v) is 2.64. The standard InChI is InChI=1S/C13H17FN2S/c1-9-7-15-13(17-8-9)16-10(2)11-3-5-12(14)6-4-11/h3-6,9-10H,7-8H2,1-2H3,(H,15,16). The Hall–Kier alpha value is -1.03. The first-order chi connectivity index (χ1) is 8.15. The molecule has 1 heterocycles. The van der Waals surface area contributed by atoms with E-state index in [1.807, 2.05) is 12.1 Å². The summed E-state index contributed by atoms with van der Waals surface area (Å²) in [7, 11) is 0. The van der Waals surface area contributed by atoms with Crippen LogP contribution in [0, 0.1) is 11.7 Å². The van der Waals surface area contributed by atoms with Gasteiger partial charge in [-0.1, -0.05) is 30.8 Å². The van der Waals surface area contributed by atoms with E-state index in [2.05, 4.69) is 24.2 Å². The molecule has 0 aliphatic carbocycles. The first-order valence-corrected chi connectivity index (χ1v) is 6.83. The van der Waals surface area contributed by atoms with Crippen molar-refractivity contribution in [2.75, 3.05) is 12.3 Å². The summed E-state index contributed by atoms with van der Waals surface area (Å²) in [6, 6.07) is 6.76. The second-order valence-electron chi connectivity index (χ2n) is 4.48. The first-order valence-electron chi connectivity index (χ1n) is 5.84. The van der Waals surface area contributed by atoms with E-state index in [0.29, 0.717) is 5.92 Å². The highest BCUT2D eigenvalue weighted by Gasteiger charge is 2.14. The van der Waals surface area contributed by atoms with Crippen LogP contribution in [-0.2, 0) is 0 Å². The molecule has 2 nitrogen and oxygen atoms in total. The summed E-state index contributed by atoms with van der Waals surface area (Å²) in [6.45, 7) is 5.16. The molecule has 4 heteroatoms. The molecular formula is C13H17FN2S. The van der Waals surface area contributed by atoms with Crippen LogP contribution in [-0.4, -0.2) is 17.5 Å². The van der Waals surface area contributed by atoms with Crippen molar-refractivity contribution >= 4 is 16.9 Å². The minimum atomic E-state index is -0.195. The Bertz CT molecular complexity index is 402. The second kappa shape index (κ2) is 5.54. The van der Waals surface area contributed by atoms with Gasteiger partial charge in [0.1, 0.15) is 5.82 Å². The molecule has 17 heavy (non-hydrogen) atoms. The predicted octanol–water partition coefficient (Wildman–Crippen LogP) is 3.22. The lowest BCUT2D eigenvalue weighted by Crippen LogP contribution is -2.28. The molecule has 1 aromatic rings. The average molecular weight is 252 g/mol. The van der Waals surface area contributed by atoms with Crippen molar-refractivity contribution in [3.63, 3.8) is 0 Å². The Morgan fingerprint density at radius 1 is 1.41 bits per heavy atom. The van der Waals surface area contributed by atoms with Gasteiger partial charge in [-0.25, -0.2) is 4.39 Å². The fraction of sp³-hybridized carbons (Fsp3) is 0.462. The Morgan fingerprint density at radius 2 is 2.12 bits per heavy atom. The Labute approximate surface area is 106 Å². The molecule has 1 aliphatic rings. The van der Waals surface area contributed by atoms with Gasteiger partial charge in [0.25, 0.3) is 0 Å². The lowest BCUT2D eigenvalue weighted by atomic mass is 10.1. The van der Waals surface area contributed by atoms with Gasteiger partial charge in [-0.3, -0.25) is 4.99 Å². The number of thioether (sulfide) groups is 1.